The van der Waals surface area contributed by atoms with E-state index in [1.807, 2.05) is 6.92 Å². The van der Waals surface area contributed by atoms with Crippen molar-refractivity contribution >= 4 is 0 Å². The highest BCUT2D eigenvalue weighted by molar-refractivity contribution is 4.91. The SMILES string of the molecule is C.C.C.C.C.C.CCC1CCC2OC2C1.CCOCC1CO1. The standard InChI is InChI=1S/C8H14O.C5H10O2.6CH4/c1-2-6-3-4-7-8(5-6)9-7;1-2-6-3-5-4-7-5;;;;;;/h6-8H,2-5H2,1H3;5H,2-4H2,1H3;6*1H4. The highest BCUT2D eigenvalue weighted by Crippen LogP contribution is 2.40. The van der Waals surface area contributed by atoms with Crippen molar-refractivity contribution in [1.29, 1.82) is 0 Å². The van der Waals surface area contributed by atoms with E-state index in [0.717, 1.165) is 25.7 Å². The molecule has 2 aliphatic heterocycles. The number of hydrogen-bond acceptors (Lipinski definition) is 3. The van der Waals surface area contributed by atoms with Crippen LogP contribution in [0.2, 0.25) is 0 Å². The minimum Gasteiger partial charge on any atom is -0.379 e. The van der Waals surface area contributed by atoms with Crippen LogP contribution in [0.3, 0.4) is 0 Å². The summed E-state index contributed by atoms with van der Waals surface area (Å²) in [6, 6.07) is 0. The van der Waals surface area contributed by atoms with Crippen LogP contribution in [0.25, 0.3) is 0 Å². The van der Waals surface area contributed by atoms with Gasteiger partial charge >= 0.3 is 0 Å². The molecular formula is C19H48O3. The van der Waals surface area contributed by atoms with Crippen LogP contribution in [0.5, 0.6) is 0 Å². The van der Waals surface area contributed by atoms with E-state index in [1.54, 1.807) is 0 Å². The molecule has 3 aliphatic rings. The Bertz CT molecular complexity index is 205. The minimum atomic E-state index is 0. The third-order valence-electron chi connectivity index (χ3n) is 3.60. The normalized spacial score (nSPS) is 28.6. The summed E-state index contributed by atoms with van der Waals surface area (Å²) < 4.78 is 15.3. The van der Waals surface area contributed by atoms with E-state index in [0.29, 0.717) is 18.3 Å². The van der Waals surface area contributed by atoms with Crippen molar-refractivity contribution in [3.63, 3.8) is 0 Å². The van der Waals surface area contributed by atoms with Crippen molar-refractivity contribution in [2.24, 2.45) is 5.92 Å². The zero-order valence-electron chi connectivity index (χ0n) is 10.5. The van der Waals surface area contributed by atoms with E-state index >= 15 is 0 Å². The Labute approximate surface area is 143 Å². The second kappa shape index (κ2) is 17.2. The first-order chi connectivity index (χ1) is 7.83. The molecule has 142 valence electrons. The molecule has 3 heteroatoms. The summed E-state index contributed by atoms with van der Waals surface area (Å²) in [7, 11) is 0. The second-order valence-corrected chi connectivity index (χ2v) is 4.92. The van der Waals surface area contributed by atoms with Crippen molar-refractivity contribution in [2.75, 3.05) is 19.8 Å². The molecule has 1 aliphatic carbocycles. The number of epoxide rings is 2. The lowest BCUT2D eigenvalue weighted by molar-refractivity contribution is 0.128. The molecule has 0 aromatic rings. The van der Waals surface area contributed by atoms with Crippen molar-refractivity contribution in [3.8, 4) is 0 Å². The van der Waals surface area contributed by atoms with Gasteiger partial charge in [-0.1, -0.05) is 57.9 Å². The zero-order valence-corrected chi connectivity index (χ0v) is 10.5. The van der Waals surface area contributed by atoms with E-state index in [2.05, 4.69) is 6.92 Å². The molecule has 1 saturated carbocycles. The molecule has 0 bridgehead atoms. The average Bonchev–Trinajstić information content (AvgIpc) is 3.19. The molecule has 3 nitrogen and oxygen atoms in total. The average molecular weight is 325 g/mol. The second-order valence-electron chi connectivity index (χ2n) is 4.92. The minimum absolute atomic E-state index is 0. The first-order valence-corrected chi connectivity index (χ1v) is 6.68. The lowest BCUT2D eigenvalue weighted by atomic mass is 9.88. The number of hydrogen-bond donors (Lipinski definition) is 0. The van der Waals surface area contributed by atoms with Gasteiger partial charge in [-0.15, -0.1) is 0 Å². The van der Waals surface area contributed by atoms with Gasteiger partial charge in [-0.3, -0.25) is 0 Å². The molecule has 4 atom stereocenters. The molecule has 0 N–H and O–H groups in total. The monoisotopic (exact) mass is 324 g/mol. The Morgan fingerprint density at radius 1 is 0.909 bits per heavy atom. The van der Waals surface area contributed by atoms with Crippen molar-refractivity contribution in [3.05, 3.63) is 0 Å². The van der Waals surface area contributed by atoms with Gasteiger partial charge < -0.3 is 14.2 Å². The largest absolute Gasteiger partial charge is 0.379 e. The summed E-state index contributed by atoms with van der Waals surface area (Å²) in [6.07, 6.45) is 7.26. The molecule has 0 aromatic carbocycles. The van der Waals surface area contributed by atoms with E-state index < -0.39 is 0 Å². The highest BCUT2D eigenvalue weighted by Gasteiger charge is 2.43. The van der Waals surface area contributed by atoms with Gasteiger partial charge in [0.25, 0.3) is 0 Å². The predicted octanol–water partition coefficient (Wildman–Crippen LogP) is 6.20. The lowest BCUT2D eigenvalue weighted by Gasteiger charge is -2.15. The summed E-state index contributed by atoms with van der Waals surface area (Å²) >= 11 is 0. The molecule has 2 heterocycles. The predicted molar refractivity (Wildman–Crippen MR) is 103 cm³/mol. The van der Waals surface area contributed by atoms with Gasteiger partial charge in [0, 0.05) is 6.61 Å². The maximum Gasteiger partial charge on any atom is 0.104 e. The summed E-state index contributed by atoms with van der Waals surface area (Å²) in [4.78, 5) is 0. The summed E-state index contributed by atoms with van der Waals surface area (Å²) in [6.45, 7) is 6.77. The molecule has 0 aromatic heterocycles. The number of rotatable bonds is 4. The van der Waals surface area contributed by atoms with Crippen LogP contribution in [0.1, 0.15) is 84.1 Å². The van der Waals surface area contributed by atoms with Gasteiger partial charge in [-0.05, 0) is 32.1 Å². The molecular weight excluding hydrogens is 276 g/mol. The Kier molecular flexibility index (Phi) is 26.2. The highest BCUT2D eigenvalue weighted by atomic mass is 16.6. The summed E-state index contributed by atoms with van der Waals surface area (Å²) in [5.74, 6) is 0.980. The maximum atomic E-state index is 5.41. The van der Waals surface area contributed by atoms with Crippen molar-refractivity contribution in [2.45, 2.75) is 102 Å². The van der Waals surface area contributed by atoms with Crippen molar-refractivity contribution < 1.29 is 14.2 Å². The van der Waals surface area contributed by atoms with Crippen LogP contribution in [-0.4, -0.2) is 38.1 Å². The first kappa shape index (κ1) is 33.5. The van der Waals surface area contributed by atoms with E-state index in [9.17, 15) is 0 Å². The maximum absolute atomic E-state index is 5.41. The Hall–Kier alpha value is -0.120. The van der Waals surface area contributed by atoms with Crippen LogP contribution < -0.4 is 0 Å². The molecule has 3 fully saturated rings. The Morgan fingerprint density at radius 2 is 1.50 bits per heavy atom. The van der Waals surface area contributed by atoms with Gasteiger partial charge in [-0.25, -0.2) is 0 Å². The Morgan fingerprint density at radius 3 is 1.91 bits per heavy atom. The Balaban J connectivity index is -0.0000000700. The molecule has 22 heavy (non-hydrogen) atoms. The van der Waals surface area contributed by atoms with Crippen LogP contribution in [0, 0.1) is 5.92 Å². The van der Waals surface area contributed by atoms with E-state index in [4.69, 9.17) is 14.2 Å². The third kappa shape index (κ3) is 12.4. The number of ether oxygens (including phenoxy) is 3. The smallest absolute Gasteiger partial charge is 0.104 e. The van der Waals surface area contributed by atoms with Crippen LogP contribution in [-0.2, 0) is 14.2 Å². The van der Waals surface area contributed by atoms with Gasteiger partial charge in [0.05, 0.1) is 25.4 Å². The van der Waals surface area contributed by atoms with E-state index in [1.165, 1.54) is 25.7 Å². The molecule has 0 radical (unpaired) electrons. The molecule has 0 amide bonds. The van der Waals surface area contributed by atoms with Gasteiger partial charge in [0.15, 0.2) is 0 Å². The van der Waals surface area contributed by atoms with Gasteiger partial charge in [-0.2, -0.15) is 0 Å². The summed E-state index contributed by atoms with van der Waals surface area (Å²) in [5.41, 5.74) is 0. The molecule has 2 saturated heterocycles. The molecule has 0 spiro atoms. The third-order valence-corrected chi connectivity index (χ3v) is 3.60. The fourth-order valence-corrected chi connectivity index (χ4v) is 2.27. The topological polar surface area (TPSA) is 34.3 Å². The molecule has 3 rings (SSSR count). The van der Waals surface area contributed by atoms with Gasteiger partial charge in [0.1, 0.15) is 6.10 Å². The number of fused-ring (bicyclic) bond motifs is 1. The lowest BCUT2D eigenvalue weighted by Crippen LogP contribution is -2.11. The quantitative estimate of drug-likeness (QED) is 0.577. The fourth-order valence-electron chi connectivity index (χ4n) is 2.27. The van der Waals surface area contributed by atoms with Crippen LogP contribution in [0.4, 0.5) is 0 Å². The summed E-state index contributed by atoms with van der Waals surface area (Å²) in [5, 5.41) is 0. The molecule has 4 unspecified atom stereocenters. The van der Waals surface area contributed by atoms with Crippen LogP contribution >= 0.6 is 0 Å². The van der Waals surface area contributed by atoms with Crippen LogP contribution in [0.15, 0.2) is 0 Å². The van der Waals surface area contributed by atoms with Gasteiger partial charge in [0.2, 0.25) is 0 Å². The fraction of sp³-hybridized carbons (Fsp3) is 1.00. The zero-order chi connectivity index (χ0) is 11.4. The van der Waals surface area contributed by atoms with E-state index in [-0.39, 0.29) is 44.6 Å². The first-order valence-electron chi connectivity index (χ1n) is 6.68. The van der Waals surface area contributed by atoms with Crippen molar-refractivity contribution in [1.82, 2.24) is 0 Å².